The lowest BCUT2D eigenvalue weighted by atomic mass is 9.63. The highest BCUT2D eigenvalue weighted by Gasteiger charge is 2.57. The molecule has 1 heterocycles. The van der Waals surface area contributed by atoms with Gasteiger partial charge >= 0.3 is 0 Å². The zero-order valence-electron chi connectivity index (χ0n) is 23.9. The molecule has 1 saturated carbocycles. The van der Waals surface area contributed by atoms with Crippen molar-refractivity contribution in [3.8, 4) is 0 Å². The van der Waals surface area contributed by atoms with Crippen LogP contribution in [0.1, 0.15) is 76.8 Å². The van der Waals surface area contributed by atoms with Gasteiger partial charge in [0.1, 0.15) is 11.6 Å². The Kier molecular flexibility index (Phi) is 9.69. The van der Waals surface area contributed by atoms with E-state index < -0.39 is 29.0 Å². The van der Waals surface area contributed by atoms with E-state index >= 15 is 4.39 Å². The Bertz CT molecular complexity index is 1290. The molecular formula is C31H39Cl2F2N3O3. The van der Waals surface area contributed by atoms with Gasteiger partial charge in [-0.3, -0.25) is 9.59 Å². The zero-order chi connectivity index (χ0) is 30.1. The van der Waals surface area contributed by atoms with Gasteiger partial charge in [-0.2, -0.15) is 0 Å². The number of carbonyl (C=O) groups is 2. The van der Waals surface area contributed by atoms with Crippen LogP contribution in [0.25, 0.3) is 0 Å². The summed E-state index contributed by atoms with van der Waals surface area (Å²) in [6, 6.07) is 5.94. The fourth-order valence-corrected chi connectivity index (χ4v) is 7.11. The third-order valence-electron chi connectivity index (χ3n) is 8.71. The summed E-state index contributed by atoms with van der Waals surface area (Å²) in [7, 11) is 0. The fraction of sp³-hybridized carbons (Fsp3) is 0.548. The molecule has 6 nitrogen and oxygen atoms in total. The molecular weight excluding hydrogens is 571 g/mol. The van der Waals surface area contributed by atoms with E-state index in [1.165, 1.54) is 24.3 Å². The van der Waals surface area contributed by atoms with Gasteiger partial charge in [-0.1, -0.05) is 57.0 Å². The van der Waals surface area contributed by atoms with Crippen molar-refractivity contribution in [3.05, 3.63) is 63.1 Å². The van der Waals surface area contributed by atoms with Crippen LogP contribution in [0.5, 0.6) is 0 Å². The Morgan fingerprint density at radius 3 is 2.46 bits per heavy atom. The monoisotopic (exact) mass is 609 g/mol. The Morgan fingerprint density at radius 1 is 1.15 bits per heavy atom. The highest BCUT2D eigenvalue weighted by Crippen LogP contribution is 2.53. The van der Waals surface area contributed by atoms with E-state index in [1.807, 2.05) is 6.92 Å². The maximum absolute atomic E-state index is 15.1. The average molecular weight is 611 g/mol. The number of carbonyl (C=O) groups excluding carboxylic acids is 2. The first kappa shape index (κ1) is 31.7. The maximum Gasteiger partial charge on any atom is 0.237 e. The van der Waals surface area contributed by atoms with Crippen LogP contribution in [0.15, 0.2) is 30.3 Å². The highest BCUT2D eigenvalue weighted by atomic mass is 35.5. The molecule has 0 unspecified atom stereocenters. The van der Waals surface area contributed by atoms with Gasteiger partial charge in [0.25, 0.3) is 0 Å². The van der Waals surface area contributed by atoms with Crippen LogP contribution in [0.4, 0.5) is 14.5 Å². The molecule has 41 heavy (non-hydrogen) atoms. The van der Waals surface area contributed by atoms with Gasteiger partial charge < -0.3 is 21.1 Å². The quantitative estimate of drug-likeness (QED) is 0.250. The molecule has 0 radical (unpaired) electrons. The van der Waals surface area contributed by atoms with Gasteiger partial charge in [0.2, 0.25) is 12.3 Å². The zero-order valence-corrected chi connectivity index (χ0v) is 25.4. The van der Waals surface area contributed by atoms with Crippen molar-refractivity contribution >= 4 is 41.2 Å². The molecule has 224 valence electrons. The summed E-state index contributed by atoms with van der Waals surface area (Å²) in [6.45, 7) is 8.61. The lowest BCUT2D eigenvalue weighted by Gasteiger charge is -2.41. The molecule has 2 aromatic carbocycles. The molecule has 0 spiro atoms. The first-order valence-corrected chi connectivity index (χ1v) is 14.9. The van der Waals surface area contributed by atoms with Crippen LogP contribution in [-0.4, -0.2) is 42.2 Å². The van der Waals surface area contributed by atoms with E-state index in [9.17, 15) is 19.1 Å². The van der Waals surface area contributed by atoms with Crippen LogP contribution in [0.2, 0.25) is 10.0 Å². The summed E-state index contributed by atoms with van der Waals surface area (Å²) in [5.74, 6) is -1.75. The summed E-state index contributed by atoms with van der Waals surface area (Å²) < 4.78 is 29.4. The van der Waals surface area contributed by atoms with Crippen molar-refractivity contribution < 1.29 is 23.5 Å². The first-order chi connectivity index (χ1) is 19.2. The summed E-state index contributed by atoms with van der Waals surface area (Å²) in [5, 5.41) is 18.9. The number of benzene rings is 2. The Hall–Kier alpha value is -2.26. The van der Waals surface area contributed by atoms with Gasteiger partial charge in [0, 0.05) is 29.6 Å². The van der Waals surface area contributed by atoms with E-state index in [1.54, 1.807) is 6.07 Å². The molecule has 4 N–H and O–H groups in total. The predicted molar refractivity (Wildman–Crippen MR) is 158 cm³/mol. The van der Waals surface area contributed by atoms with Gasteiger partial charge in [-0.05, 0) is 78.8 Å². The van der Waals surface area contributed by atoms with Crippen molar-refractivity contribution in [2.45, 2.75) is 89.3 Å². The minimum atomic E-state index is -0.969. The van der Waals surface area contributed by atoms with Crippen molar-refractivity contribution in [2.75, 3.05) is 11.9 Å². The summed E-state index contributed by atoms with van der Waals surface area (Å²) in [4.78, 5) is 25.5. The van der Waals surface area contributed by atoms with Crippen LogP contribution in [0.3, 0.4) is 0 Å². The van der Waals surface area contributed by atoms with Gasteiger partial charge in [0.05, 0.1) is 22.2 Å². The lowest BCUT2D eigenvalue weighted by Crippen LogP contribution is -2.46. The predicted octanol–water partition coefficient (Wildman–Crippen LogP) is 6.33. The molecule has 1 aliphatic carbocycles. The number of hydrogen-bond donors (Lipinski definition) is 4. The van der Waals surface area contributed by atoms with Crippen molar-refractivity contribution in [2.24, 2.45) is 11.3 Å². The number of amides is 2. The van der Waals surface area contributed by atoms with Crippen LogP contribution in [-0.2, 0) is 15.0 Å². The van der Waals surface area contributed by atoms with Crippen molar-refractivity contribution in [3.63, 3.8) is 0 Å². The summed E-state index contributed by atoms with van der Waals surface area (Å²) in [6.07, 6.45) is 4.01. The van der Waals surface area contributed by atoms with E-state index in [0.717, 1.165) is 25.7 Å². The average Bonchev–Trinajstić information content (AvgIpc) is 3.43. The molecule has 6 atom stereocenters. The number of halogens is 4. The number of rotatable bonds is 9. The number of nitrogens with one attached hydrogen (secondary N) is 3. The SMILES string of the molecule is CC(C)(C)C[C@H]1N[C@@H](C(=O)NCC[C@@H]2CC[C@@H](O)C2)[C@H](c2ccc(F)c(Cl)c2)[C@]1(C)c1cc(F)c(Cl)cc1NC=O. The highest BCUT2D eigenvalue weighted by molar-refractivity contribution is 6.31. The topological polar surface area (TPSA) is 90.5 Å². The third kappa shape index (κ3) is 6.87. The Balaban J connectivity index is 1.81. The van der Waals surface area contributed by atoms with Crippen molar-refractivity contribution in [1.82, 2.24) is 10.6 Å². The standard InChI is InChI=1S/C31H39Cl2F2N3O3/c1-30(2,3)15-26-31(4,20-13-24(35)22(33)14-25(20)37-16-39)27(18-6-8-23(34)21(32)12-18)28(38-26)29(41)36-10-9-17-5-7-19(40)11-17/h6,8,12-14,16-17,19,26-28,38,40H,5,7,9-11,15H2,1-4H3,(H,36,41)(H,37,39)/t17-,19+,26+,27-,28+,31+/m0/s1. The second kappa shape index (κ2) is 12.5. The van der Waals surface area contributed by atoms with Crippen LogP contribution in [0, 0.1) is 23.0 Å². The fourth-order valence-electron chi connectivity index (χ4n) is 6.75. The second-order valence-corrected chi connectivity index (χ2v) is 13.7. The normalized spacial score (nSPS) is 28.1. The number of aliphatic hydroxyl groups excluding tert-OH is 1. The second-order valence-electron chi connectivity index (χ2n) is 12.9. The molecule has 2 fully saturated rings. The van der Waals surface area contributed by atoms with Crippen LogP contribution >= 0.6 is 23.2 Å². The summed E-state index contributed by atoms with van der Waals surface area (Å²) >= 11 is 12.4. The van der Waals surface area contributed by atoms with E-state index in [-0.39, 0.29) is 33.5 Å². The minimum absolute atomic E-state index is 0.0865. The maximum atomic E-state index is 15.1. The summed E-state index contributed by atoms with van der Waals surface area (Å²) in [5.41, 5.74) is 0.238. The lowest BCUT2D eigenvalue weighted by molar-refractivity contribution is -0.123. The van der Waals surface area contributed by atoms with Gasteiger partial charge in [-0.25, -0.2) is 8.78 Å². The molecule has 2 aromatic rings. The molecule has 0 aromatic heterocycles. The van der Waals surface area contributed by atoms with Gasteiger partial charge in [-0.15, -0.1) is 0 Å². The van der Waals surface area contributed by atoms with E-state index in [0.29, 0.717) is 42.1 Å². The molecule has 1 saturated heterocycles. The largest absolute Gasteiger partial charge is 0.393 e. The number of hydrogen-bond acceptors (Lipinski definition) is 4. The minimum Gasteiger partial charge on any atom is -0.393 e. The third-order valence-corrected chi connectivity index (χ3v) is 9.29. The molecule has 10 heteroatoms. The smallest absolute Gasteiger partial charge is 0.237 e. The Morgan fingerprint density at radius 2 is 1.85 bits per heavy atom. The molecule has 0 bridgehead atoms. The molecule has 2 aliphatic rings. The van der Waals surface area contributed by atoms with Crippen molar-refractivity contribution in [1.29, 1.82) is 0 Å². The van der Waals surface area contributed by atoms with Gasteiger partial charge in [0.15, 0.2) is 0 Å². The Labute approximate surface area is 250 Å². The molecule has 1 aliphatic heterocycles. The van der Waals surface area contributed by atoms with Crippen LogP contribution < -0.4 is 16.0 Å². The van der Waals surface area contributed by atoms with E-state index in [4.69, 9.17) is 23.2 Å². The number of anilines is 1. The number of aliphatic hydroxyl groups is 1. The molecule has 2 amide bonds. The van der Waals surface area contributed by atoms with E-state index in [2.05, 4.69) is 36.7 Å². The molecule has 4 rings (SSSR count). The first-order valence-electron chi connectivity index (χ1n) is 14.1.